The van der Waals surface area contributed by atoms with Crippen LogP contribution in [0.5, 0.6) is 0 Å². The third-order valence-corrected chi connectivity index (χ3v) is 3.89. The summed E-state index contributed by atoms with van der Waals surface area (Å²) in [5.41, 5.74) is 6.17. The zero-order chi connectivity index (χ0) is 13.7. The summed E-state index contributed by atoms with van der Waals surface area (Å²) in [6.07, 6.45) is 9.42. The van der Waals surface area contributed by atoms with Crippen LogP contribution in [0.4, 0.5) is 5.82 Å². The molecule has 0 saturated heterocycles. The Balaban J connectivity index is 2.08. The first-order chi connectivity index (χ1) is 9.22. The van der Waals surface area contributed by atoms with Crippen molar-refractivity contribution in [1.29, 1.82) is 0 Å². The van der Waals surface area contributed by atoms with Gasteiger partial charge >= 0.3 is 0 Å². The van der Waals surface area contributed by atoms with Crippen molar-refractivity contribution >= 4 is 11.7 Å². The van der Waals surface area contributed by atoms with E-state index in [1.165, 1.54) is 38.5 Å². The first-order valence-electron chi connectivity index (χ1n) is 6.89. The first-order valence-corrected chi connectivity index (χ1v) is 6.89. The predicted molar refractivity (Wildman–Crippen MR) is 76.6 cm³/mol. The van der Waals surface area contributed by atoms with Crippen molar-refractivity contribution in [3.05, 3.63) is 23.9 Å². The van der Waals surface area contributed by atoms with Crippen molar-refractivity contribution in [2.24, 2.45) is 10.9 Å². The van der Waals surface area contributed by atoms with E-state index in [0.717, 1.165) is 5.82 Å². The minimum absolute atomic E-state index is 0.0937. The minimum Gasteiger partial charge on any atom is -0.409 e. The van der Waals surface area contributed by atoms with Crippen LogP contribution in [0.3, 0.4) is 0 Å². The maximum atomic E-state index is 8.63. The number of nitrogens with two attached hydrogens (primary N) is 1. The van der Waals surface area contributed by atoms with Crippen LogP contribution in [0.2, 0.25) is 0 Å². The number of nitrogens with zero attached hydrogens (tertiary/aromatic N) is 3. The molecule has 0 radical (unpaired) electrons. The zero-order valence-electron chi connectivity index (χ0n) is 11.4. The number of hydrogen-bond acceptors (Lipinski definition) is 4. The molecule has 0 atom stereocenters. The normalized spacial score (nSPS) is 18.1. The molecule has 2 rings (SSSR count). The lowest BCUT2D eigenvalue weighted by molar-refractivity contribution is 0.318. The van der Waals surface area contributed by atoms with E-state index >= 15 is 0 Å². The molecule has 3 N–H and O–H groups in total. The standard InChI is InChI=1S/C14H22N4O/c1-18(12-6-4-2-3-5-7-12)13-9-8-11(10-16-13)14(15)17-19/h8-10,12,19H,2-7H2,1H3,(H2,15,17). The molecule has 0 aliphatic heterocycles. The second kappa shape index (κ2) is 6.41. The van der Waals surface area contributed by atoms with Crippen LogP contribution in [0.1, 0.15) is 44.1 Å². The van der Waals surface area contributed by atoms with Crippen molar-refractivity contribution in [2.45, 2.75) is 44.6 Å². The number of rotatable bonds is 3. The highest BCUT2D eigenvalue weighted by molar-refractivity contribution is 5.96. The molecule has 0 bridgehead atoms. The van der Waals surface area contributed by atoms with Crippen LogP contribution >= 0.6 is 0 Å². The maximum Gasteiger partial charge on any atom is 0.171 e. The van der Waals surface area contributed by atoms with Crippen molar-refractivity contribution in [3.8, 4) is 0 Å². The third-order valence-electron chi connectivity index (χ3n) is 3.89. The van der Waals surface area contributed by atoms with E-state index in [9.17, 15) is 0 Å². The molecule has 104 valence electrons. The van der Waals surface area contributed by atoms with Crippen LogP contribution in [-0.2, 0) is 0 Å². The molecule has 1 aliphatic rings. The summed E-state index contributed by atoms with van der Waals surface area (Å²) in [6.45, 7) is 0. The van der Waals surface area contributed by atoms with Crippen LogP contribution in [-0.4, -0.2) is 29.1 Å². The number of aromatic nitrogens is 1. The van der Waals surface area contributed by atoms with Crippen molar-refractivity contribution in [1.82, 2.24) is 4.98 Å². The van der Waals surface area contributed by atoms with Crippen LogP contribution in [0.15, 0.2) is 23.5 Å². The molecular weight excluding hydrogens is 240 g/mol. The van der Waals surface area contributed by atoms with E-state index in [-0.39, 0.29) is 5.84 Å². The summed E-state index contributed by atoms with van der Waals surface area (Å²) in [4.78, 5) is 6.66. The molecule has 5 nitrogen and oxygen atoms in total. The average Bonchev–Trinajstić information content (AvgIpc) is 2.75. The van der Waals surface area contributed by atoms with E-state index in [0.29, 0.717) is 11.6 Å². The van der Waals surface area contributed by atoms with Crippen LogP contribution in [0, 0.1) is 0 Å². The molecular formula is C14H22N4O. The molecule has 0 aromatic carbocycles. The Bertz CT molecular complexity index is 422. The SMILES string of the molecule is CN(c1ccc(/C(N)=N/O)cn1)C1CCCCCC1. The summed E-state index contributed by atoms with van der Waals surface area (Å²) in [7, 11) is 2.10. The second-order valence-electron chi connectivity index (χ2n) is 5.15. The predicted octanol–water partition coefficient (Wildman–Crippen LogP) is 2.34. The van der Waals surface area contributed by atoms with E-state index < -0.39 is 0 Å². The Hall–Kier alpha value is -1.78. The fraction of sp³-hybridized carbons (Fsp3) is 0.571. The molecule has 1 aromatic rings. The minimum atomic E-state index is 0.0937. The highest BCUT2D eigenvalue weighted by atomic mass is 16.4. The van der Waals surface area contributed by atoms with Gasteiger partial charge in [0, 0.05) is 24.8 Å². The quantitative estimate of drug-likeness (QED) is 0.288. The van der Waals surface area contributed by atoms with Gasteiger partial charge in [-0.05, 0) is 25.0 Å². The monoisotopic (exact) mass is 262 g/mol. The van der Waals surface area contributed by atoms with Gasteiger partial charge in [-0.25, -0.2) is 4.98 Å². The van der Waals surface area contributed by atoms with Gasteiger partial charge in [0.2, 0.25) is 0 Å². The van der Waals surface area contributed by atoms with Gasteiger partial charge < -0.3 is 15.8 Å². The number of anilines is 1. The topological polar surface area (TPSA) is 74.7 Å². The zero-order valence-corrected chi connectivity index (χ0v) is 11.4. The van der Waals surface area contributed by atoms with E-state index in [4.69, 9.17) is 10.9 Å². The fourth-order valence-corrected chi connectivity index (χ4v) is 2.64. The third kappa shape index (κ3) is 3.36. The highest BCUT2D eigenvalue weighted by Gasteiger charge is 2.18. The van der Waals surface area contributed by atoms with Gasteiger partial charge in [-0.2, -0.15) is 0 Å². The number of pyridine rings is 1. The van der Waals surface area contributed by atoms with Gasteiger partial charge in [-0.3, -0.25) is 0 Å². The molecule has 1 saturated carbocycles. The van der Waals surface area contributed by atoms with E-state index in [2.05, 4.69) is 22.1 Å². The Labute approximate surface area is 114 Å². The second-order valence-corrected chi connectivity index (χ2v) is 5.15. The summed E-state index contributed by atoms with van der Waals surface area (Å²) >= 11 is 0. The number of amidine groups is 1. The van der Waals surface area contributed by atoms with Crippen molar-refractivity contribution in [2.75, 3.05) is 11.9 Å². The smallest absolute Gasteiger partial charge is 0.171 e. The lowest BCUT2D eigenvalue weighted by Gasteiger charge is -2.28. The van der Waals surface area contributed by atoms with Gasteiger partial charge in [0.25, 0.3) is 0 Å². The van der Waals surface area contributed by atoms with Crippen molar-refractivity contribution in [3.63, 3.8) is 0 Å². The molecule has 1 heterocycles. The summed E-state index contributed by atoms with van der Waals surface area (Å²) in [6, 6.07) is 4.34. The molecule has 0 unspecified atom stereocenters. The number of oxime groups is 1. The van der Waals surface area contributed by atoms with E-state index in [1.54, 1.807) is 6.20 Å². The molecule has 0 spiro atoms. The van der Waals surface area contributed by atoms with Gasteiger partial charge in [0.1, 0.15) is 5.82 Å². The molecule has 1 aliphatic carbocycles. The molecule has 5 heteroatoms. The van der Waals surface area contributed by atoms with Gasteiger partial charge in [0.05, 0.1) is 0 Å². The van der Waals surface area contributed by atoms with Gasteiger partial charge in [-0.1, -0.05) is 30.8 Å². The lowest BCUT2D eigenvalue weighted by atomic mass is 10.1. The number of hydrogen-bond donors (Lipinski definition) is 2. The Kier molecular flexibility index (Phi) is 4.60. The molecule has 1 aromatic heterocycles. The van der Waals surface area contributed by atoms with Gasteiger partial charge in [-0.15, -0.1) is 0 Å². The summed E-state index contributed by atoms with van der Waals surface area (Å²) in [5.74, 6) is 1.04. The van der Waals surface area contributed by atoms with E-state index in [1.807, 2.05) is 12.1 Å². The fourth-order valence-electron chi connectivity index (χ4n) is 2.64. The lowest BCUT2D eigenvalue weighted by Crippen LogP contribution is -2.31. The Morgan fingerprint density at radius 2 is 2.00 bits per heavy atom. The molecule has 1 fully saturated rings. The maximum absolute atomic E-state index is 8.63. The van der Waals surface area contributed by atoms with Crippen molar-refractivity contribution < 1.29 is 5.21 Å². The highest BCUT2D eigenvalue weighted by Crippen LogP contribution is 2.24. The van der Waals surface area contributed by atoms with Crippen LogP contribution < -0.4 is 10.6 Å². The largest absolute Gasteiger partial charge is 0.409 e. The average molecular weight is 262 g/mol. The van der Waals surface area contributed by atoms with Crippen LogP contribution in [0.25, 0.3) is 0 Å². The Morgan fingerprint density at radius 1 is 1.32 bits per heavy atom. The van der Waals surface area contributed by atoms with Gasteiger partial charge in [0.15, 0.2) is 5.84 Å². The first kappa shape index (κ1) is 13.6. The summed E-state index contributed by atoms with van der Waals surface area (Å²) < 4.78 is 0. The Morgan fingerprint density at radius 3 is 2.53 bits per heavy atom. The molecule has 19 heavy (non-hydrogen) atoms. The molecule has 0 amide bonds. The summed E-state index contributed by atoms with van der Waals surface area (Å²) in [5, 5.41) is 11.6.